The van der Waals surface area contributed by atoms with Crippen LogP contribution in [0.2, 0.25) is 0 Å². The summed E-state index contributed by atoms with van der Waals surface area (Å²) in [6.07, 6.45) is 3.21. The highest BCUT2D eigenvalue weighted by Crippen LogP contribution is 2.15. The fourth-order valence-corrected chi connectivity index (χ4v) is 1.86. The molecule has 1 aromatic carbocycles. The average molecular weight is 234 g/mol. The average Bonchev–Trinajstić information content (AvgIpc) is 2.29. The molecule has 3 nitrogen and oxygen atoms in total. The molecule has 0 aromatic heterocycles. The number of para-hydroxylation sites is 1. The third-order valence-corrected chi connectivity index (χ3v) is 2.78. The van der Waals surface area contributed by atoms with Gasteiger partial charge in [0.15, 0.2) is 0 Å². The van der Waals surface area contributed by atoms with Gasteiger partial charge in [-0.15, -0.1) is 0 Å². The van der Waals surface area contributed by atoms with Crippen LogP contribution in [-0.4, -0.2) is 11.9 Å². The molecule has 1 aromatic rings. The van der Waals surface area contributed by atoms with E-state index >= 15 is 0 Å². The molecule has 1 rings (SSSR count). The third-order valence-electron chi connectivity index (χ3n) is 2.78. The summed E-state index contributed by atoms with van der Waals surface area (Å²) in [5.41, 5.74) is 7.91. The Morgan fingerprint density at radius 1 is 1.35 bits per heavy atom. The maximum Gasteiger partial charge on any atom is 0.225 e. The van der Waals surface area contributed by atoms with Crippen molar-refractivity contribution in [1.29, 1.82) is 0 Å². The first-order valence-corrected chi connectivity index (χ1v) is 6.30. The van der Waals surface area contributed by atoms with Crippen molar-refractivity contribution in [3.63, 3.8) is 0 Å². The van der Waals surface area contributed by atoms with Crippen LogP contribution >= 0.6 is 0 Å². The maximum atomic E-state index is 11.8. The lowest BCUT2D eigenvalue weighted by molar-refractivity contribution is -0.116. The molecule has 17 heavy (non-hydrogen) atoms. The first kappa shape index (κ1) is 13.7. The predicted octanol–water partition coefficient (Wildman–Crippen LogP) is 2.71. The van der Waals surface area contributed by atoms with E-state index in [-0.39, 0.29) is 11.9 Å². The predicted molar refractivity (Wildman–Crippen MR) is 72.0 cm³/mol. The fraction of sp³-hybridized carbons (Fsp3) is 0.500. The van der Waals surface area contributed by atoms with Gasteiger partial charge in [0.1, 0.15) is 0 Å². The minimum Gasteiger partial charge on any atom is -0.327 e. The van der Waals surface area contributed by atoms with Gasteiger partial charge in [0.25, 0.3) is 0 Å². The van der Waals surface area contributed by atoms with E-state index in [1.165, 1.54) is 0 Å². The summed E-state index contributed by atoms with van der Waals surface area (Å²) >= 11 is 0. The van der Waals surface area contributed by atoms with Gasteiger partial charge in [-0.25, -0.2) is 0 Å². The lowest BCUT2D eigenvalue weighted by Crippen LogP contribution is -2.27. The highest BCUT2D eigenvalue weighted by Gasteiger charge is 2.10. The van der Waals surface area contributed by atoms with Crippen molar-refractivity contribution in [2.45, 2.75) is 45.6 Å². The van der Waals surface area contributed by atoms with Crippen LogP contribution in [0.3, 0.4) is 0 Å². The molecule has 94 valence electrons. The molecule has 0 aliphatic heterocycles. The molecule has 0 spiro atoms. The maximum absolute atomic E-state index is 11.8. The molecular formula is C14H22N2O. The second kappa shape index (κ2) is 7.07. The van der Waals surface area contributed by atoms with Crippen molar-refractivity contribution < 1.29 is 4.79 Å². The lowest BCUT2D eigenvalue weighted by atomic mass is 10.1. The van der Waals surface area contributed by atoms with Crippen LogP contribution in [-0.2, 0) is 11.2 Å². The van der Waals surface area contributed by atoms with Crippen LogP contribution in [0.5, 0.6) is 0 Å². The first-order valence-electron chi connectivity index (χ1n) is 6.30. The van der Waals surface area contributed by atoms with Gasteiger partial charge in [-0.05, 0) is 24.5 Å². The molecule has 1 atom stereocenters. The molecule has 1 amide bonds. The zero-order chi connectivity index (χ0) is 12.7. The van der Waals surface area contributed by atoms with E-state index in [1.807, 2.05) is 24.3 Å². The van der Waals surface area contributed by atoms with E-state index in [9.17, 15) is 4.79 Å². The Morgan fingerprint density at radius 3 is 2.71 bits per heavy atom. The molecule has 0 aliphatic carbocycles. The summed E-state index contributed by atoms with van der Waals surface area (Å²) in [7, 11) is 0. The van der Waals surface area contributed by atoms with Crippen LogP contribution in [0.15, 0.2) is 24.3 Å². The van der Waals surface area contributed by atoms with Crippen molar-refractivity contribution in [3.8, 4) is 0 Å². The van der Waals surface area contributed by atoms with Gasteiger partial charge in [0.05, 0.1) is 0 Å². The van der Waals surface area contributed by atoms with E-state index in [0.717, 1.165) is 30.5 Å². The van der Waals surface area contributed by atoms with Gasteiger partial charge >= 0.3 is 0 Å². The van der Waals surface area contributed by atoms with Crippen molar-refractivity contribution in [1.82, 2.24) is 0 Å². The Balaban J connectivity index is 2.55. The van der Waals surface area contributed by atoms with Crippen molar-refractivity contribution in [2.24, 2.45) is 5.73 Å². The highest BCUT2D eigenvalue weighted by atomic mass is 16.1. The Labute approximate surface area is 103 Å². The van der Waals surface area contributed by atoms with Crippen molar-refractivity contribution >= 4 is 11.6 Å². The van der Waals surface area contributed by atoms with Crippen LogP contribution in [0.25, 0.3) is 0 Å². The van der Waals surface area contributed by atoms with E-state index in [0.29, 0.717) is 6.42 Å². The van der Waals surface area contributed by atoms with Gasteiger partial charge in [0.2, 0.25) is 5.91 Å². The van der Waals surface area contributed by atoms with Gasteiger partial charge in [-0.1, -0.05) is 38.5 Å². The number of nitrogens with one attached hydrogen (secondary N) is 1. The van der Waals surface area contributed by atoms with Crippen LogP contribution in [0, 0.1) is 0 Å². The number of aryl methyl sites for hydroxylation is 1. The van der Waals surface area contributed by atoms with Gasteiger partial charge in [-0.3, -0.25) is 4.79 Å². The Hall–Kier alpha value is -1.35. The zero-order valence-electron chi connectivity index (χ0n) is 10.7. The zero-order valence-corrected chi connectivity index (χ0v) is 10.7. The van der Waals surface area contributed by atoms with Gasteiger partial charge in [-0.2, -0.15) is 0 Å². The molecule has 0 bridgehead atoms. The molecule has 0 heterocycles. The van der Waals surface area contributed by atoms with E-state index in [1.54, 1.807) is 0 Å². The minimum absolute atomic E-state index is 0.00634. The summed E-state index contributed by atoms with van der Waals surface area (Å²) in [4.78, 5) is 11.8. The van der Waals surface area contributed by atoms with E-state index in [2.05, 4.69) is 19.2 Å². The summed E-state index contributed by atoms with van der Waals surface area (Å²) < 4.78 is 0. The smallest absolute Gasteiger partial charge is 0.225 e. The topological polar surface area (TPSA) is 55.1 Å². The minimum atomic E-state index is -0.0335. The summed E-state index contributed by atoms with van der Waals surface area (Å²) in [6, 6.07) is 7.84. The van der Waals surface area contributed by atoms with E-state index in [4.69, 9.17) is 5.73 Å². The molecule has 1 unspecified atom stereocenters. The second-order valence-corrected chi connectivity index (χ2v) is 4.31. The number of carbonyl (C=O) groups is 1. The number of carbonyl (C=O) groups excluding carboxylic acids is 1. The first-order chi connectivity index (χ1) is 8.17. The second-order valence-electron chi connectivity index (χ2n) is 4.31. The van der Waals surface area contributed by atoms with Gasteiger partial charge < -0.3 is 11.1 Å². The third kappa shape index (κ3) is 4.57. The summed E-state index contributed by atoms with van der Waals surface area (Å²) in [5.74, 6) is 0.00634. The summed E-state index contributed by atoms with van der Waals surface area (Å²) in [5, 5.41) is 2.93. The molecule has 0 radical (unpaired) electrons. The van der Waals surface area contributed by atoms with Gasteiger partial charge in [0, 0.05) is 18.2 Å². The highest BCUT2D eigenvalue weighted by molar-refractivity contribution is 5.91. The lowest BCUT2D eigenvalue weighted by Gasteiger charge is -2.12. The Bertz CT molecular complexity index is 363. The van der Waals surface area contributed by atoms with Crippen LogP contribution < -0.4 is 11.1 Å². The molecule has 3 N–H and O–H groups in total. The number of hydrogen-bond acceptors (Lipinski definition) is 2. The Morgan fingerprint density at radius 2 is 2.06 bits per heavy atom. The number of anilines is 1. The van der Waals surface area contributed by atoms with Crippen LogP contribution in [0.4, 0.5) is 5.69 Å². The quantitative estimate of drug-likeness (QED) is 0.795. The Kier molecular flexibility index (Phi) is 5.70. The molecule has 0 fully saturated rings. The van der Waals surface area contributed by atoms with Crippen molar-refractivity contribution in [2.75, 3.05) is 5.32 Å². The number of nitrogens with two attached hydrogens (primary N) is 1. The number of amides is 1. The number of rotatable bonds is 6. The van der Waals surface area contributed by atoms with Crippen molar-refractivity contribution in [3.05, 3.63) is 29.8 Å². The normalized spacial score (nSPS) is 12.2. The fourth-order valence-electron chi connectivity index (χ4n) is 1.86. The molecule has 0 saturated heterocycles. The SMILES string of the molecule is CCCC(N)CC(=O)Nc1ccccc1CC. The monoisotopic (exact) mass is 234 g/mol. The molecule has 0 saturated carbocycles. The van der Waals surface area contributed by atoms with Crippen LogP contribution in [0.1, 0.15) is 38.7 Å². The standard InChI is InChI=1S/C14H22N2O/c1-3-7-12(15)10-14(17)16-13-9-6-5-8-11(13)4-2/h5-6,8-9,12H,3-4,7,10,15H2,1-2H3,(H,16,17). The van der Waals surface area contributed by atoms with E-state index < -0.39 is 0 Å². The largest absolute Gasteiger partial charge is 0.327 e. The molecule has 0 aliphatic rings. The number of benzene rings is 1. The summed E-state index contributed by atoms with van der Waals surface area (Å²) in [6.45, 7) is 4.15. The molecular weight excluding hydrogens is 212 g/mol. The number of hydrogen-bond donors (Lipinski definition) is 2. The molecule has 3 heteroatoms.